The maximum Gasteiger partial charge on any atom is 0.272 e. The Balaban J connectivity index is 1.84. The van der Waals surface area contributed by atoms with Gasteiger partial charge in [0.1, 0.15) is 11.5 Å². The average Bonchev–Trinajstić information content (AvgIpc) is 3.36. The van der Waals surface area contributed by atoms with Crippen molar-refractivity contribution >= 4 is 28.6 Å². The second kappa shape index (κ2) is 9.49. The van der Waals surface area contributed by atoms with E-state index in [-0.39, 0.29) is 5.91 Å². The summed E-state index contributed by atoms with van der Waals surface area (Å²) in [6.45, 7) is 0. The predicted octanol–water partition coefficient (Wildman–Crippen LogP) is 6.33. The third-order valence-electron chi connectivity index (χ3n) is 5.03. The molecule has 1 amide bonds. The lowest BCUT2D eigenvalue weighted by Gasteiger charge is -2.26. The van der Waals surface area contributed by atoms with Crippen molar-refractivity contribution in [2.75, 3.05) is 19.1 Å². The molecule has 4 rings (SSSR count). The predicted molar refractivity (Wildman–Crippen MR) is 126 cm³/mol. The number of methoxy groups -OCH3 is 2. The number of hydrogen-bond acceptors (Lipinski definition) is 4. The average molecular weight is 430 g/mol. The first-order valence-corrected chi connectivity index (χ1v) is 10.8. The highest BCUT2D eigenvalue weighted by molar-refractivity contribution is 7.12. The molecule has 156 valence electrons. The van der Waals surface area contributed by atoms with Crippen LogP contribution in [0.25, 0.3) is 0 Å². The Morgan fingerprint density at radius 3 is 2.19 bits per heavy atom. The lowest BCUT2D eigenvalue weighted by Crippen LogP contribution is -2.26. The maximum absolute atomic E-state index is 13.6. The molecule has 0 aliphatic heterocycles. The zero-order valence-electron chi connectivity index (χ0n) is 17.4. The summed E-state index contributed by atoms with van der Waals surface area (Å²) in [5.41, 5.74) is 3.77. The fourth-order valence-electron chi connectivity index (χ4n) is 3.47. The molecule has 0 unspecified atom stereocenters. The van der Waals surface area contributed by atoms with Crippen LogP contribution in [-0.2, 0) is 6.42 Å². The third-order valence-corrected chi connectivity index (χ3v) is 5.89. The van der Waals surface area contributed by atoms with Crippen molar-refractivity contribution in [1.29, 1.82) is 0 Å². The Morgan fingerprint density at radius 1 is 0.839 bits per heavy atom. The molecule has 0 saturated carbocycles. The van der Waals surface area contributed by atoms with E-state index in [9.17, 15) is 4.79 Å². The quantitative estimate of drug-likeness (QED) is 0.344. The Bertz CT molecular complexity index is 1140. The molecule has 0 spiro atoms. The summed E-state index contributed by atoms with van der Waals surface area (Å²) in [5, 5.41) is 1.92. The number of rotatable bonds is 7. The first kappa shape index (κ1) is 20.7. The number of carbonyl (C=O) groups excluding carboxylic acids is 1. The summed E-state index contributed by atoms with van der Waals surface area (Å²) in [6.07, 6.45) is 0.678. The standard InChI is InChI=1S/C26H23NO3S/c1-29-22-12-10-21(11-13-22)27(26(28)25-9-6-16-31-25)24-15-14-23(30-2)18-20(24)17-19-7-4-3-5-8-19/h3-16,18H,17H2,1-2H3. The van der Waals surface area contributed by atoms with Crippen LogP contribution in [0.1, 0.15) is 20.8 Å². The molecule has 3 aromatic carbocycles. The second-order valence-corrected chi connectivity index (χ2v) is 7.92. The zero-order chi connectivity index (χ0) is 21.6. The fourth-order valence-corrected chi connectivity index (χ4v) is 4.12. The highest BCUT2D eigenvalue weighted by atomic mass is 32.1. The SMILES string of the molecule is COc1ccc(N(C(=O)c2cccs2)c2ccc(OC)cc2Cc2ccccc2)cc1. The molecule has 0 fully saturated rings. The monoisotopic (exact) mass is 429 g/mol. The highest BCUT2D eigenvalue weighted by Crippen LogP contribution is 2.35. The first-order chi connectivity index (χ1) is 15.2. The summed E-state index contributed by atoms with van der Waals surface area (Å²) < 4.78 is 10.8. The molecular formula is C26H23NO3S. The number of anilines is 2. The molecule has 1 aromatic heterocycles. The van der Waals surface area contributed by atoms with Crippen LogP contribution in [-0.4, -0.2) is 20.1 Å². The summed E-state index contributed by atoms with van der Waals surface area (Å²) >= 11 is 1.43. The molecule has 0 radical (unpaired) electrons. The van der Waals surface area contributed by atoms with E-state index in [1.807, 2.05) is 78.2 Å². The number of amides is 1. The highest BCUT2D eigenvalue weighted by Gasteiger charge is 2.23. The van der Waals surface area contributed by atoms with Crippen molar-refractivity contribution in [1.82, 2.24) is 0 Å². The van der Waals surface area contributed by atoms with E-state index < -0.39 is 0 Å². The van der Waals surface area contributed by atoms with Crippen molar-refractivity contribution in [3.05, 3.63) is 106 Å². The van der Waals surface area contributed by atoms with Crippen LogP contribution in [0.2, 0.25) is 0 Å². The van der Waals surface area contributed by atoms with Gasteiger partial charge in [0.05, 0.1) is 24.8 Å². The Hall–Kier alpha value is -3.57. The molecule has 0 atom stereocenters. The summed E-state index contributed by atoms with van der Waals surface area (Å²) in [4.78, 5) is 16.0. The molecule has 1 heterocycles. The summed E-state index contributed by atoms with van der Waals surface area (Å²) in [5.74, 6) is 1.43. The minimum atomic E-state index is -0.0698. The number of carbonyl (C=O) groups is 1. The normalized spacial score (nSPS) is 10.5. The van der Waals surface area contributed by atoms with Gasteiger partial charge in [-0.25, -0.2) is 0 Å². The summed E-state index contributed by atoms with van der Waals surface area (Å²) in [7, 11) is 3.28. The molecule has 4 aromatic rings. The molecule has 31 heavy (non-hydrogen) atoms. The minimum Gasteiger partial charge on any atom is -0.497 e. The number of nitrogens with zero attached hydrogens (tertiary/aromatic N) is 1. The van der Waals surface area contributed by atoms with Gasteiger partial charge >= 0.3 is 0 Å². The van der Waals surface area contributed by atoms with E-state index in [4.69, 9.17) is 9.47 Å². The van der Waals surface area contributed by atoms with E-state index in [0.717, 1.165) is 34.0 Å². The van der Waals surface area contributed by atoms with Crippen LogP contribution in [0.15, 0.2) is 90.3 Å². The number of ether oxygens (including phenoxy) is 2. The van der Waals surface area contributed by atoms with Crippen LogP contribution < -0.4 is 14.4 Å². The molecule has 0 aliphatic rings. The van der Waals surface area contributed by atoms with Gasteiger partial charge in [0, 0.05) is 5.69 Å². The summed E-state index contributed by atoms with van der Waals surface area (Å²) in [6, 6.07) is 27.3. The molecular weight excluding hydrogens is 406 g/mol. The smallest absolute Gasteiger partial charge is 0.272 e. The van der Waals surface area contributed by atoms with Crippen molar-refractivity contribution in [3.63, 3.8) is 0 Å². The fraction of sp³-hybridized carbons (Fsp3) is 0.115. The lowest BCUT2D eigenvalue weighted by atomic mass is 10.0. The first-order valence-electron chi connectivity index (χ1n) is 9.92. The van der Waals surface area contributed by atoms with E-state index >= 15 is 0 Å². The largest absolute Gasteiger partial charge is 0.497 e. The van der Waals surface area contributed by atoms with Crippen molar-refractivity contribution in [2.45, 2.75) is 6.42 Å². The van der Waals surface area contributed by atoms with Gasteiger partial charge < -0.3 is 9.47 Å². The van der Waals surface area contributed by atoms with Gasteiger partial charge in [0.15, 0.2) is 0 Å². The number of thiophene rings is 1. The lowest BCUT2D eigenvalue weighted by molar-refractivity contribution is 0.100. The Labute approximate surface area is 186 Å². The Morgan fingerprint density at radius 2 is 1.55 bits per heavy atom. The van der Waals surface area contributed by atoms with Gasteiger partial charge in [0.25, 0.3) is 5.91 Å². The molecule has 0 N–H and O–H groups in total. The van der Waals surface area contributed by atoms with Gasteiger partial charge in [-0.2, -0.15) is 0 Å². The number of benzene rings is 3. The van der Waals surface area contributed by atoms with Crippen LogP contribution >= 0.6 is 11.3 Å². The topological polar surface area (TPSA) is 38.8 Å². The molecule has 0 aliphatic carbocycles. The van der Waals surface area contributed by atoms with Crippen LogP contribution in [0.3, 0.4) is 0 Å². The van der Waals surface area contributed by atoms with E-state index in [2.05, 4.69) is 12.1 Å². The van der Waals surface area contributed by atoms with Crippen LogP contribution in [0.4, 0.5) is 11.4 Å². The van der Waals surface area contributed by atoms with Crippen LogP contribution in [0.5, 0.6) is 11.5 Å². The third kappa shape index (κ3) is 4.62. The molecule has 4 nitrogen and oxygen atoms in total. The van der Waals surface area contributed by atoms with Crippen LogP contribution in [0, 0.1) is 0 Å². The van der Waals surface area contributed by atoms with Gasteiger partial charge in [-0.05, 0) is 71.5 Å². The van der Waals surface area contributed by atoms with Gasteiger partial charge in [-0.3, -0.25) is 9.69 Å². The molecule has 5 heteroatoms. The Kier molecular flexibility index (Phi) is 6.34. The van der Waals surface area contributed by atoms with E-state index in [1.165, 1.54) is 11.3 Å². The molecule has 0 bridgehead atoms. The van der Waals surface area contributed by atoms with Gasteiger partial charge in [0.2, 0.25) is 0 Å². The van der Waals surface area contributed by atoms with Gasteiger partial charge in [-0.15, -0.1) is 11.3 Å². The van der Waals surface area contributed by atoms with Crippen molar-refractivity contribution in [3.8, 4) is 11.5 Å². The van der Waals surface area contributed by atoms with E-state index in [0.29, 0.717) is 11.3 Å². The van der Waals surface area contributed by atoms with Crippen molar-refractivity contribution in [2.24, 2.45) is 0 Å². The maximum atomic E-state index is 13.6. The van der Waals surface area contributed by atoms with E-state index in [1.54, 1.807) is 19.1 Å². The van der Waals surface area contributed by atoms with Crippen molar-refractivity contribution < 1.29 is 14.3 Å². The zero-order valence-corrected chi connectivity index (χ0v) is 18.3. The second-order valence-electron chi connectivity index (χ2n) is 6.97. The van der Waals surface area contributed by atoms with Gasteiger partial charge in [-0.1, -0.05) is 36.4 Å². The molecule has 0 saturated heterocycles. The minimum absolute atomic E-state index is 0.0698. The number of hydrogen-bond donors (Lipinski definition) is 0.